The van der Waals surface area contributed by atoms with Crippen molar-refractivity contribution in [2.24, 2.45) is 5.41 Å². The van der Waals surface area contributed by atoms with Crippen molar-refractivity contribution in [2.45, 2.75) is 73.4 Å². The monoisotopic (exact) mass is 432 g/mol. The Morgan fingerprint density at radius 1 is 1.07 bits per heavy atom. The van der Waals surface area contributed by atoms with Crippen molar-refractivity contribution in [3.8, 4) is 0 Å². The summed E-state index contributed by atoms with van der Waals surface area (Å²) in [6.07, 6.45) is 0.828. The Morgan fingerprint density at radius 2 is 1.69 bits per heavy atom. The quantitative estimate of drug-likeness (QED) is 0.400. The van der Waals surface area contributed by atoms with Crippen molar-refractivity contribution in [3.63, 3.8) is 0 Å². The highest BCUT2D eigenvalue weighted by Crippen LogP contribution is 2.35. The first-order valence-electron chi connectivity index (χ1n) is 11.1. The van der Waals surface area contributed by atoms with Gasteiger partial charge in [-0.25, -0.2) is 0 Å². The molecule has 6 heteroatoms. The van der Waals surface area contributed by atoms with E-state index < -0.39 is 19.5 Å². The standard InChI is InChI=1S/C23H40N2O2Si2/c1-9-25(10-2)20(23(5,6)22(26-28-7)27-29-8)15-19-13-11-12-18-14-16(3)17(4)24-21(18)19/h11-14,20,22H,9-10,15,28-29H2,1-8H3. The number of fused-ring (bicyclic) bond motifs is 1. The van der Waals surface area contributed by atoms with Gasteiger partial charge in [0.2, 0.25) is 0 Å². The van der Waals surface area contributed by atoms with Crippen LogP contribution in [0.15, 0.2) is 24.3 Å². The minimum atomic E-state index is -0.550. The Labute approximate surface area is 182 Å². The average Bonchev–Trinajstić information content (AvgIpc) is 2.69. The predicted molar refractivity (Wildman–Crippen MR) is 130 cm³/mol. The molecule has 162 valence electrons. The molecule has 0 saturated carbocycles. The van der Waals surface area contributed by atoms with E-state index in [4.69, 9.17) is 13.8 Å². The van der Waals surface area contributed by atoms with E-state index in [9.17, 15) is 0 Å². The molecule has 0 aliphatic heterocycles. The first-order chi connectivity index (χ1) is 13.8. The molecule has 0 saturated heterocycles. The normalized spacial score (nSPS) is 15.3. The molecule has 0 N–H and O–H groups in total. The van der Waals surface area contributed by atoms with Gasteiger partial charge in [0.05, 0.1) is 5.52 Å². The zero-order valence-electron chi connectivity index (χ0n) is 19.7. The smallest absolute Gasteiger partial charge is 0.161 e. The van der Waals surface area contributed by atoms with Gasteiger partial charge < -0.3 is 8.85 Å². The van der Waals surface area contributed by atoms with Crippen LogP contribution in [-0.4, -0.2) is 54.8 Å². The molecule has 2 aromatic rings. The number of hydrogen-bond donors (Lipinski definition) is 0. The number of aromatic nitrogens is 1. The van der Waals surface area contributed by atoms with Crippen LogP contribution in [0.2, 0.25) is 13.1 Å². The molecule has 0 aliphatic rings. The maximum Gasteiger partial charge on any atom is 0.161 e. The molecule has 0 spiro atoms. The fourth-order valence-corrected chi connectivity index (χ4v) is 6.14. The molecule has 29 heavy (non-hydrogen) atoms. The van der Waals surface area contributed by atoms with Gasteiger partial charge in [0.15, 0.2) is 19.5 Å². The van der Waals surface area contributed by atoms with Crippen molar-refractivity contribution in [1.29, 1.82) is 0 Å². The Morgan fingerprint density at radius 3 is 2.24 bits per heavy atom. The van der Waals surface area contributed by atoms with Crippen LogP contribution in [0.3, 0.4) is 0 Å². The van der Waals surface area contributed by atoms with E-state index in [0.29, 0.717) is 6.04 Å². The highest BCUT2D eigenvalue weighted by molar-refractivity contribution is 6.26. The fourth-order valence-electron chi connectivity index (χ4n) is 4.30. The largest absolute Gasteiger partial charge is 0.400 e. The molecule has 1 aromatic heterocycles. The summed E-state index contributed by atoms with van der Waals surface area (Å²) in [5.74, 6) is 0. The minimum Gasteiger partial charge on any atom is -0.400 e. The zero-order chi connectivity index (χ0) is 21.6. The van der Waals surface area contributed by atoms with Crippen molar-refractivity contribution in [2.75, 3.05) is 13.1 Å². The Hall–Kier alpha value is -1.06. The minimum absolute atomic E-state index is 0.111. The van der Waals surface area contributed by atoms with Gasteiger partial charge in [-0.3, -0.25) is 9.88 Å². The van der Waals surface area contributed by atoms with Crippen LogP contribution >= 0.6 is 0 Å². The molecule has 0 radical (unpaired) electrons. The summed E-state index contributed by atoms with van der Waals surface area (Å²) in [4.78, 5) is 7.53. The van der Waals surface area contributed by atoms with E-state index in [1.54, 1.807) is 0 Å². The summed E-state index contributed by atoms with van der Waals surface area (Å²) in [6, 6.07) is 9.17. The van der Waals surface area contributed by atoms with E-state index in [2.05, 4.69) is 83.8 Å². The number of benzene rings is 1. The maximum absolute atomic E-state index is 6.24. The Balaban J connectivity index is 2.51. The van der Waals surface area contributed by atoms with Crippen molar-refractivity contribution in [3.05, 3.63) is 41.1 Å². The number of rotatable bonds is 11. The maximum atomic E-state index is 6.24. The highest BCUT2D eigenvalue weighted by Gasteiger charge is 2.41. The Bertz CT molecular complexity index is 788. The summed E-state index contributed by atoms with van der Waals surface area (Å²) in [7, 11) is -1.10. The summed E-state index contributed by atoms with van der Waals surface area (Å²) in [5.41, 5.74) is 4.70. The average molecular weight is 433 g/mol. The summed E-state index contributed by atoms with van der Waals surface area (Å²) >= 11 is 0. The van der Waals surface area contributed by atoms with Crippen LogP contribution in [0.1, 0.15) is 44.5 Å². The lowest BCUT2D eigenvalue weighted by atomic mass is 9.79. The van der Waals surface area contributed by atoms with Gasteiger partial charge in [0.1, 0.15) is 6.29 Å². The van der Waals surface area contributed by atoms with Crippen molar-refractivity contribution >= 4 is 30.4 Å². The molecule has 1 heterocycles. The number of likely N-dealkylation sites (N-methyl/N-ethyl adjacent to an activating group) is 1. The summed E-state index contributed by atoms with van der Waals surface area (Å²) in [6.45, 7) is 19.8. The zero-order valence-corrected chi connectivity index (χ0v) is 22.5. The van der Waals surface area contributed by atoms with Gasteiger partial charge in [-0.05, 0) is 50.6 Å². The molecule has 1 atom stereocenters. The van der Waals surface area contributed by atoms with Crippen LogP contribution < -0.4 is 0 Å². The number of hydrogen-bond acceptors (Lipinski definition) is 4. The fraction of sp³-hybridized carbons (Fsp3) is 0.609. The van der Waals surface area contributed by atoms with Gasteiger partial charge in [-0.2, -0.15) is 0 Å². The number of pyridine rings is 1. The van der Waals surface area contributed by atoms with E-state index in [1.807, 2.05) is 0 Å². The van der Waals surface area contributed by atoms with Gasteiger partial charge in [-0.1, -0.05) is 59.0 Å². The second-order valence-corrected chi connectivity index (χ2v) is 10.2. The highest BCUT2D eigenvalue weighted by atomic mass is 28.2. The third kappa shape index (κ3) is 5.55. The first-order valence-corrected chi connectivity index (χ1v) is 15.1. The van der Waals surface area contributed by atoms with E-state index in [0.717, 1.165) is 30.7 Å². The number of para-hydroxylation sites is 1. The van der Waals surface area contributed by atoms with Crippen LogP contribution in [0.25, 0.3) is 10.9 Å². The van der Waals surface area contributed by atoms with E-state index in [1.165, 1.54) is 16.5 Å². The Kier molecular flexibility index (Phi) is 9.03. The third-order valence-corrected chi connectivity index (χ3v) is 7.41. The summed E-state index contributed by atoms with van der Waals surface area (Å²) in [5, 5.41) is 1.23. The molecule has 2 rings (SSSR count). The van der Waals surface area contributed by atoms with Crippen LogP contribution in [0.4, 0.5) is 0 Å². The van der Waals surface area contributed by atoms with E-state index in [-0.39, 0.29) is 11.7 Å². The molecule has 1 unspecified atom stereocenters. The van der Waals surface area contributed by atoms with Crippen LogP contribution in [0, 0.1) is 19.3 Å². The second kappa shape index (κ2) is 10.8. The molecule has 0 aliphatic carbocycles. The topological polar surface area (TPSA) is 34.6 Å². The van der Waals surface area contributed by atoms with Gasteiger partial charge in [-0.15, -0.1) is 0 Å². The first kappa shape index (κ1) is 24.2. The molecular formula is C23H40N2O2Si2. The van der Waals surface area contributed by atoms with Crippen molar-refractivity contribution in [1.82, 2.24) is 9.88 Å². The molecule has 0 fully saturated rings. The molecule has 1 aromatic carbocycles. The lowest BCUT2D eigenvalue weighted by molar-refractivity contribution is -0.113. The number of nitrogens with zero attached hydrogens (tertiary/aromatic N) is 2. The molecular weight excluding hydrogens is 392 g/mol. The van der Waals surface area contributed by atoms with Gasteiger partial charge in [0, 0.05) is 22.5 Å². The lowest BCUT2D eigenvalue weighted by Crippen LogP contribution is -2.53. The molecule has 0 bridgehead atoms. The summed E-state index contributed by atoms with van der Waals surface area (Å²) < 4.78 is 12.5. The molecule has 0 amide bonds. The predicted octanol–water partition coefficient (Wildman–Crippen LogP) is 3.75. The SMILES string of the molecule is CCN(CC)C(Cc1cccc2cc(C)c(C)nc12)C(C)(C)C(O[SiH2]C)O[SiH2]C. The van der Waals surface area contributed by atoms with Crippen LogP contribution in [-0.2, 0) is 15.3 Å². The number of aryl methyl sites for hydroxylation is 2. The third-order valence-electron chi connectivity index (χ3n) is 6.14. The lowest BCUT2D eigenvalue weighted by Gasteiger charge is -2.46. The van der Waals surface area contributed by atoms with Crippen LogP contribution in [0.5, 0.6) is 0 Å². The molecule has 4 nitrogen and oxygen atoms in total. The van der Waals surface area contributed by atoms with E-state index >= 15 is 0 Å². The van der Waals surface area contributed by atoms with Gasteiger partial charge >= 0.3 is 0 Å². The van der Waals surface area contributed by atoms with Crippen molar-refractivity contribution < 1.29 is 8.85 Å². The van der Waals surface area contributed by atoms with Gasteiger partial charge in [0.25, 0.3) is 0 Å². The second-order valence-electron chi connectivity index (χ2n) is 8.38.